The second kappa shape index (κ2) is 10.2. The molecule has 0 saturated heterocycles. The van der Waals surface area contributed by atoms with Crippen molar-refractivity contribution in [2.24, 2.45) is 0 Å². The molecule has 0 aliphatic heterocycles. The number of nitrogens with one attached hydrogen (secondary N) is 2. The summed E-state index contributed by atoms with van der Waals surface area (Å²) in [7, 11) is -3.88. The first-order valence-corrected chi connectivity index (χ1v) is 10.9. The zero-order chi connectivity index (χ0) is 20.1. The Labute approximate surface area is 196 Å². The Balaban J connectivity index is 0.00000300. The van der Waals surface area contributed by atoms with E-state index in [-0.39, 0.29) is 62.2 Å². The Bertz CT molecular complexity index is 1130. The van der Waals surface area contributed by atoms with Crippen molar-refractivity contribution >= 4 is 55.7 Å². The summed E-state index contributed by atoms with van der Waals surface area (Å²) in [5.74, 6) is -0.323. The van der Waals surface area contributed by atoms with Crippen molar-refractivity contribution in [1.82, 2.24) is 15.0 Å². The summed E-state index contributed by atoms with van der Waals surface area (Å²) in [6, 6.07) is 6.72. The van der Waals surface area contributed by atoms with Gasteiger partial charge in [0, 0.05) is 16.9 Å². The van der Waals surface area contributed by atoms with Crippen molar-refractivity contribution in [3.05, 3.63) is 57.0 Å². The van der Waals surface area contributed by atoms with E-state index in [1.54, 1.807) is 5.38 Å². The van der Waals surface area contributed by atoms with Gasteiger partial charge in [-0.2, -0.15) is 11.3 Å². The number of nitrogens with zero attached hydrogens (tertiary/aromatic N) is 3. The molecule has 3 aromatic rings. The van der Waals surface area contributed by atoms with Gasteiger partial charge >= 0.3 is 29.6 Å². The average Bonchev–Trinajstić information content (AvgIpc) is 3.12. The van der Waals surface area contributed by atoms with Gasteiger partial charge in [-0.1, -0.05) is 18.0 Å². The third-order valence-electron chi connectivity index (χ3n) is 3.13. The van der Waals surface area contributed by atoms with Crippen LogP contribution in [-0.4, -0.2) is 35.0 Å². The van der Waals surface area contributed by atoms with E-state index in [1.165, 1.54) is 30.5 Å². The number of sulfonamides is 1. The van der Waals surface area contributed by atoms with Crippen LogP contribution in [0.3, 0.4) is 0 Å². The Morgan fingerprint density at radius 2 is 2.03 bits per heavy atom. The number of hydrogen-bond donors (Lipinski definition) is 3. The number of aromatic nitrogens is 3. The van der Waals surface area contributed by atoms with E-state index < -0.39 is 15.6 Å². The molecule has 0 fully saturated rings. The molecule has 10 nitrogen and oxygen atoms in total. The molecular formula is C15H13N6NaO4S3. The second-order valence-electron chi connectivity index (χ2n) is 5.22. The van der Waals surface area contributed by atoms with Crippen LogP contribution in [0.5, 0.6) is 0 Å². The van der Waals surface area contributed by atoms with Gasteiger partial charge in [-0.05, 0) is 29.6 Å². The molecular weight excluding hydrogens is 447 g/mol. The molecule has 2 aromatic heterocycles. The van der Waals surface area contributed by atoms with Gasteiger partial charge in [0.25, 0.3) is 5.56 Å². The van der Waals surface area contributed by atoms with Crippen LogP contribution in [0.1, 0.15) is 0 Å². The first-order chi connectivity index (χ1) is 13.3. The topological polar surface area (TPSA) is 162 Å². The largest absolute Gasteiger partial charge is 1.00 e. The number of H-pyrrole nitrogens is 1. The van der Waals surface area contributed by atoms with Crippen LogP contribution in [0.25, 0.3) is 4.72 Å². The van der Waals surface area contributed by atoms with Crippen molar-refractivity contribution in [2.45, 2.75) is 10.1 Å². The third kappa shape index (κ3) is 6.83. The number of thioether (sulfide) groups is 1. The second-order valence-corrected chi connectivity index (χ2v) is 8.66. The van der Waals surface area contributed by atoms with E-state index >= 15 is 0 Å². The van der Waals surface area contributed by atoms with Crippen LogP contribution < -0.4 is 46.2 Å². The molecule has 0 aliphatic carbocycles. The Hall–Kier alpha value is -1.90. The smallest absolute Gasteiger partial charge is 0.433 e. The number of nitrogens with two attached hydrogens (primary N) is 1. The van der Waals surface area contributed by atoms with Crippen LogP contribution >= 0.6 is 23.1 Å². The van der Waals surface area contributed by atoms with Crippen LogP contribution in [0, 0.1) is 0 Å². The van der Waals surface area contributed by atoms with E-state index in [9.17, 15) is 18.0 Å². The van der Waals surface area contributed by atoms with Gasteiger partial charge in [-0.25, -0.2) is 13.4 Å². The molecule has 0 spiro atoms. The van der Waals surface area contributed by atoms with Gasteiger partial charge in [0.1, 0.15) is 5.82 Å². The number of thiazole rings is 1. The van der Waals surface area contributed by atoms with E-state index in [0.29, 0.717) is 5.69 Å². The standard InChI is InChI=1S/C15H14N6O4S3.Na/c16-11-7-12(22)20-15(19-11)27-8-13(23)18-9-1-3-10(4-2-9)28(24,25)21-14-17-5-6-26-14;/h1-7H,8H2,(H5,16,17,18,19,20,21,22,23);/q;+1/p-1. The van der Waals surface area contributed by atoms with Crippen LogP contribution in [-0.2, 0) is 14.8 Å². The van der Waals surface area contributed by atoms with Crippen LogP contribution in [0.2, 0.25) is 0 Å². The normalized spacial score (nSPS) is 10.8. The van der Waals surface area contributed by atoms with E-state index in [1.807, 2.05) is 0 Å². The van der Waals surface area contributed by atoms with E-state index in [4.69, 9.17) is 5.73 Å². The van der Waals surface area contributed by atoms with Crippen molar-refractivity contribution in [1.29, 1.82) is 0 Å². The SMILES string of the molecule is Nc1cc(=O)[nH]c(SCC(=O)Nc2ccc(S(=O)(=O)[N-]c3nccs3)cc2)n1.[Na+]. The van der Waals surface area contributed by atoms with Crippen molar-refractivity contribution in [3.8, 4) is 0 Å². The average molecular weight is 460 g/mol. The molecule has 1 amide bonds. The number of hydrogen-bond acceptors (Lipinski definition) is 9. The van der Waals surface area contributed by atoms with Gasteiger partial charge in [0.05, 0.1) is 10.6 Å². The molecule has 0 unspecified atom stereocenters. The number of carbonyl (C=O) groups is 1. The summed E-state index contributed by atoms with van der Waals surface area (Å²) in [5, 5.41) is 4.61. The van der Waals surface area contributed by atoms with Crippen molar-refractivity contribution in [3.63, 3.8) is 0 Å². The summed E-state index contributed by atoms with van der Waals surface area (Å²) < 4.78 is 28.1. The third-order valence-corrected chi connectivity index (χ3v) is 6.07. The number of nitrogen functional groups attached to an aromatic ring is 1. The maximum atomic E-state index is 12.2. The maximum absolute atomic E-state index is 12.2. The van der Waals surface area contributed by atoms with Gasteiger partial charge < -0.3 is 25.7 Å². The molecule has 0 atom stereocenters. The Kier molecular flexibility index (Phi) is 8.24. The molecule has 3 rings (SSSR count). The molecule has 146 valence electrons. The van der Waals surface area contributed by atoms with E-state index in [0.717, 1.165) is 29.2 Å². The fourth-order valence-corrected chi connectivity index (χ4v) is 4.33. The summed E-state index contributed by atoms with van der Waals surface area (Å²) in [6.45, 7) is 0. The van der Waals surface area contributed by atoms with Crippen molar-refractivity contribution < 1.29 is 42.8 Å². The Morgan fingerprint density at radius 1 is 1.31 bits per heavy atom. The quantitative estimate of drug-likeness (QED) is 0.228. The minimum Gasteiger partial charge on any atom is -0.433 e. The minimum absolute atomic E-state index is 0. The molecule has 4 N–H and O–H groups in total. The molecule has 14 heteroatoms. The van der Waals surface area contributed by atoms with Crippen LogP contribution in [0.15, 0.2) is 56.8 Å². The van der Waals surface area contributed by atoms with E-state index in [2.05, 4.69) is 25.0 Å². The molecule has 0 aliphatic rings. The first kappa shape index (κ1) is 23.4. The number of anilines is 2. The molecule has 0 saturated carbocycles. The number of amides is 1. The molecule has 0 bridgehead atoms. The molecule has 1 aromatic carbocycles. The summed E-state index contributed by atoms with van der Waals surface area (Å²) in [5.41, 5.74) is 5.48. The van der Waals surface area contributed by atoms with Gasteiger partial charge in [0.15, 0.2) is 5.16 Å². The summed E-state index contributed by atoms with van der Waals surface area (Å²) in [6.07, 6.45) is 1.46. The predicted octanol–water partition coefficient (Wildman–Crippen LogP) is -1.06. The Morgan fingerprint density at radius 3 is 2.66 bits per heavy atom. The zero-order valence-corrected chi connectivity index (χ0v) is 19.5. The number of rotatable bonds is 7. The van der Waals surface area contributed by atoms with Gasteiger partial charge in [-0.3, -0.25) is 9.59 Å². The number of benzene rings is 1. The fourth-order valence-electron chi connectivity index (χ4n) is 1.98. The van der Waals surface area contributed by atoms with Gasteiger partial charge in [-0.15, -0.1) is 0 Å². The predicted molar refractivity (Wildman–Crippen MR) is 107 cm³/mol. The van der Waals surface area contributed by atoms with Crippen molar-refractivity contribution in [2.75, 3.05) is 16.8 Å². The monoisotopic (exact) mass is 460 g/mol. The fraction of sp³-hybridized carbons (Fsp3) is 0.0667. The molecule has 2 heterocycles. The minimum atomic E-state index is -3.88. The van der Waals surface area contributed by atoms with Crippen LogP contribution in [0.4, 0.5) is 16.6 Å². The zero-order valence-electron chi connectivity index (χ0n) is 15.0. The first-order valence-electron chi connectivity index (χ1n) is 7.59. The maximum Gasteiger partial charge on any atom is 1.00 e. The number of aromatic amines is 1. The van der Waals surface area contributed by atoms with Gasteiger partial charge in [0.2, 0.25) is 15.9 Å². The molecule has 29 heavy (non-hydrogen) atoms. The molecule has 0 radical (unpaired) electrons. The summed E-state index contributed by atoms with van der Waals surface area (Å²) >= 11 is 2.12. The number of carbonyl (C=O) groups excluding carboxylic acids is 1. The summed E-state index contributed by atoms with van der Waals surface area (Å²) in [4.78, 5) is 33.5.